The third kappa shape index (κ3) is 2.74. The molecule has 1 aromatic carbocycles. The minimum absolute atomic E-state index is 0.744. The molecule has 3 nitrogen and oxygen atoms in total. The van der Waals surface area contributed by atoms with E-state index < -0.39 is 0 Å². The number of methoxy groups -OCH3 is 2. The smallest absolute Gasteiger partial charge is 0.129 e. The molecule has 1 aromatic heterocycles. The first-order valence-corrected chi connectivity index (χ1v) is 5.75. The van der Waals surface area contributed by atoms with Crippen molar-refractivity contribution in [2.24, 2.45) is 0 Å². The van der Waals surface area contributed by atoms with Crippen LogP contribution >= 0.6 is 0 Å². The molecule has 0 fully saturated rings. The summed E-state index contributed by atoms with van der Waals surface area (Å²) in [5, 5.41) is 0. The molecule has 94 valence electrons. The Hall–Kier alpha value is -2.16. The molecule has 0 radical (unpaired) electrons. The summed E-state index contributed by atoms with van der Waals surface area (Å²) in [6.45, 7) is 0. The summed E-state index contributed by atoms with van der Waals surface area (Å²) in [5.41, 5.74) is 0.939. The molecule has 0 saturated carbocycles. The Morgan fingerprint density at radius 1 is 1.06 bits per heavy atom. The van der Waals surface area contributed by atoms with Gasteiger partial charge < -0.3 is 13.9 Å². The monoisotopic (exact) mass is 244 g/mol. The summed E-state index contributed by atoms with van der Waals surface area (Å²) in [6, 6.07) is 9.56. The molecular weight excluding hydrogens is 228 g/mol. The lowest BCUT2D eigenvalue weighted by Gasteiger charge is -2.09. The van der Waals surface area contributed by atoms with Gasteiger partial charge in [-0.25, -0.2) is 0 Å². The Labute approximate surface area is 107 Å². The van der Waals surface area contributed by atoms with E-state index in [1.807, 2.05) is 42.5 Å². The van der Waals surface area contributed by atoms with Crippen LogP contribution in [0.25, 0.3) is 6.08 Å². The van der Waals surface area contributed by atoms with Crippen LogP contribution < -0.4 is 9.47 Å². The molecule has 0 aliphatic carbocycles. The molecule has 0 spiro atoms. The maximum Gasteiger partial charge on any atom is 0.129 e. The van der Waals surface area contributed by atoms with Crippen molar-refractivity contribution in [1.29, 1.82) is 0 Å². The van der Waals surface area contributed by atoms with E-state index in [1.165, 1.54) is 0 Å². The Kier molecular flexibility index (Phi) is 4.07. The average Bonchev–Trinajstić information content (AvgIpc) is 2.92. The summed E-state index contributed by atoms with van der Waals surface area (Å²) in [6.07, 6.45) is 6.43. The number of furan rings is 1. The van der Waals surface area contributed by atoms with Gasteiger partial charge in [0.2, 0.25) is 0 Å². The van der Waals surface area contributed by atoms with Crippen LogP contribution in [-0.2, 0) is 6.42 Å². The normalized spacial score (nSPS) is 10.8. The number of hydrogen-bond acceptors (Lipinski definition) is 3. The van der Waals surface area contributed by atoms with Crippen LogP contribution in [0.4, 0.5) is 0 Å². The molecule has 0 N–H and O–H groups in total. The van der Waals surface area contributed by atoms with E-state index in [0.29, 0.717) is 0 Å². The van der Waals surface area contributed by atoms with Gasteiger partial charge in [0.15, 0.2) is 0 Å². The Morgan fingerprint density at radius 2 is 1.78 bits per heavy atom. The zero-order valence-corrected chi connectivity index (χ0v) is 10.6. The zero-order valence-electron chi connectivity index (χ0n) is 10.6. The van der Waals surface area contributed by atoms with Crippen molar-refractivity contribution in [3.8, 4) is 11.5 Å². The second kappa shape index (κ2) is 5.96. The number of rotatable bonds is 5. The van der Waals surface area contributed by atoms with Crippen LogP contribution in [0.5, 0.6) is 11.5 Å². The van der Waals surface area contributed by atoms with Crippen molar-refractivity contribution in [1.82, 2.24) is 0 Å². The summed E-state index contributed by atoms with van der Waals surface area (Å²) in [5.74, 6) is 2.52. The van der Waals surface area contributed by atoms with Crippen molar-refractivity contribution in [2.45, 2.75) is 6.42 Å². The predicted octanol–water partition coefficient (Wildman–Crippen LogP) is 3.55. The fraction of sp³-hybridized carbons (Fsp3) is 0.200. The quantitative estimate of drug-likeness (QED) is 0.806. The van der Waals surface area contributed by atoms with Crippen molar-refractivity contribution >= 4 is 6.08 Å². The average molecular weight is 244 g/mol. The first-order valence-electron chi connectivity index (χ1n) is 5.75. The van der Waals surface area contributed by atoms with Gasteiger partial charge in [0.25, 0.3) is 0 Å². The molecule has 0 amide bonds. The molecule has 0 aliphatic heterocycles. The Morgan fingerprint density at radius 3 is 2.33 bits per heavy atom. The van der Waals surface area contributed by atoms with Gasteiger partial charge in [-0.3, -0.25) is 0 Å². The molecule has 1 heterocycles. The second-order valence-corrected chi connectivity index (χ2v) is 3.76. The molecule has 3 heteroatoms. The van der Waals surface area contributed by atoms with Gasteiger partial charge in [0.1, 0.15) is 17.3 Å². The summed E-state index contributed by atoms with van der Waals surface area (Å²) in [7, 11) is 3.30. The lowest BCUT2D eigenvalue weighted by atomic mass is 10.1. The van der Waals surface area contributed by atoms with E-state index in [4.69, 9.17) is 13.9 Å². The molecule has 0 atom stereocenters. The molecule has 2 rings (SSSR count). The van der Waals surface area contributed by atoms with Crippen LogP contribution in [0.2, 0.25) is 0 Å². The van der Waals surface area contributed by atoms with E-state index in [9.17, 15) is 0 Å². The van der Waals surface area contributed by atoms with Crippen LogP contribution in [-0.4, -0.2) is 14.2 Å². The fourth-order valence-electron chi connectivity index (χ4n) is 1.77. The van der Waals surface area contributed by atoms with E-state index in [2.05, 4.69) is 0 Å². The highest BCUT2D eigenvalue weighted by Crippen LogP contribution is 2.29. The SMILES string of the molecule is COc1cccc(OC)c1/C=C/Cc1ccco1. The number of ether oxygens (including phenoxy) is 2. The molecule has 18 heavy (non-hydrogen) atoms. The van der Waals surface area contributed by atoms with Gasteiger partial charge in [-0.15, -0.1) is 0 Å². The molecule has 0 aliphatic rings. The lowest BCUT2D eigenvalue weighted by Crippen LogP contribution is -1.92. The topological polar surface area (TPSA) is 31.6 Å². The van der Waals surface area contributed by atoms with Crippen molar-refractivity contribution < 1.29 is 13.9 Å². The van der Waals surface area contributed by atoms with Crippen LogP contribution in [0.3, 0.4) is 0 Å². The largest absolute Gasteiger partial charge is 0.496 e. The van der Waals surface area contributed by atoms with Gasteiger partial charge in [0.05, 0.1) is 26.0 Å². The summed E-state index contributed by atoms with van der Waals surface area (Å²) in [4.78, 5) is 0. The zero-order chi connectivity index (χ0) is 12.8. The van der Waals surface area contributed by atoms with E-state index in [-0.39, 0.29) is 0 Å². The highest BCUT2D eigenvalue weighted by atomic mass is 16.5. The Balaban J connectivity index is 2.19. The fourth-order valence-corrected chi connectivity index (χ4v) is 1.77. The number of benzene rings is 1. The third-order valence-electron chi connectivity index (χ3n) is 2.65. The lowest BCUT2D eigenvalue weighted by molar-refractivity contribution is 0.392. The molecule has 0 saturated heterocycles. The minimum Gasteiger partial charge on any atom is -0.496 e. The standard InChI is InChI=1S/C15H16O3/c1-16-14-9-4-10-15(17-2)13(14)8-3-6-12-7-5-11-18-12/h3-5,7-11H,6H2,1-2H3/b8-3+. The minimum atomic E-state index is 0.744. The highest BCUT2D eigenvalue weighted by Gasteiger charge is 2.05. The summed E-state index contributed by atoms with van der Waals surface area (Å²) < 4.78 is 15.9. The first kappa shape index (κ1) is 12.3. The van der Waals surface area contributed by atoms with E-state index in [1.54, 1.807) is 20.5 Å². The molecule has 0 unspecified atom stereocenters. The molecule has 0 bridgehead atoms. The first-order chi connectivity index (χ1) is 8.85. The predicted molar refractivity (Wildman–Crippen MR) is 71.0 cm³/mol. The highest BCUT2D eigenvalue weighted by molar-refractivity contribution is 5.64. The van der Waals surface area contributed by atoms with Crippen molar-refractivity contribution in [2.75, 3.05) is 14.2 Å². The second-order valence-electron chi connectivity index (χ2n) is 3.76. The van der Waals surface area contributed by atoms with Crippen LogP contribution in [0.15, 0.2) is 47.1 Å². The maximum absolute atomic E-state index is 5.32. The van der Waals surface area contributed by atoms with Crippen LogP contribution in [0.1, 0.15) is 11.3 Å². The number of allylic oxidation sites excluding steroid dienone is 1. The van der Waals surface area contributed by atoms with Gasteiger partial charge in [-0.05, 0) is 24.3 Å². The Bertz CT molecular complexity index is 490. The number of hydrogen-bond donors (Lipinski definition) is 0. The molecular formula is C15H16O3. The van der Waals surface area contributed by atoms with Crippen LogP contribution in [0, 0.1) is 0 Å². The van der Waals surface area contributed by atoms with E-state index in [0.717, 1.165) is 29.2 Å². The third-order valence-corrected chi connectivity index (χ3v) is 2.65. The van der Waals surface area contributed by atoms with Crippen molar-refractivity contribution in [3.05, 3.63) is 54.0 Å². The van der Waals surface area contributed by atoms with Gasteiger partial charge in [-0.2, -0.15) is 0 Å². The van der Waals surface area contributed by atoms with Gasteiger partial charge in [0, 0.05) is 6.42 Å². The maximum atomic E-state index is 5.32. The van der Waals surface area contributed by atoms with Gasteiger partial charge >= 0.3 is 0 Å². The molecule has 2 aromatic rings. The van der Waals surface area contributed by atoms with Gasteiger partial charge in [-0.1, -0.05) is 18.2 Å². The van der Waals surface area contributed by atoms with Crippen molar-refractivity contribution in [3.63, 3.8) is 0 Å². The van der Waals surface area contributed by atoms with E-state index >= 15 is 0 Å². The summed E-state index contributed by atoms with van der Waals surface area (Å²) >= 11 is 0.